The molecule has 0 bridgehead atoms. The van der Waals surface area contributed by atoms with E-state index in [1.54, 1.807) is 62.4 Å². The molecular weight excluding hydrogens is 412 g/mol. The van der Waals surface area contributed by atoms with Crippen LogP contribution in [0.3, 0.4) is 0 Å². The highest BCUT2D eigenvalue weighted by atomic mass is 79.9. The summed E-state index contributed by atoms with van der Waals surface area (Å²) in [5, 5.41) is 0. The highest BCUT2D eigenvalue weighted by molar-refractivity contribution is 9.10. The summed E-state index contributed by atoms with van der Waals surface area (Å²) in [6.07, 6.45) is 0. The third-order valence-electron chi connectivity index (χ3n) is 4.93. The molecule has 0 unspecified atom stereocenters. The summed E-state index contributed by atoms with van der Waals surface area (Å²) in [6.45, 7) is 3.36. The Bertz CT molecular complexity index is 904. The molecule has 6 heteroatoms. The number of benzene rings is 2. The highest BCUT2D eigenvalue weighted by Crippen LogP contribution is 2.50. The Morgan fingerprint density at radius 3 is 2.41 bits per heavy atom. The summed E-state index contributed by atoms with van der Waals surface area (Å²) < 4.78 is 11.2. The van der Waals surface area contributed by atoms with Gasteiger partial charge in [0.15, 0.2) is 5.78 Å². The molecule has 0 fully saturated rings. The quantitative estimate of drug-likeness (QED) is 0.315. The molecule has 0 saturated heterocycles. The van der Waals surface area contributed by atoms with E-state index in [0.717, 1.165) is 4.47 Å². The normalized spacial score (nSPS) is 19.0. The number of ether oxygens (including phenoxy) is 2. The van der Waals surface area contributed by atoms with Crippen LogP contribution in [0.25, 0.3) is 0 Å². The van der Waals surface area contributed by atoms with Crippen molar-refractivity contribution in [2.24, 2.45) is 11.3 Å². The van der Waals surface area contributed by atoms with Crippen LogP contribution < -0.4 is 4.74 Å². The first-order valence-corrected chi connectivity index (χ1v) is 9.25. The summed E-state index contributed by atoms with van der Waals surface area (Å²) in [4.78, 5) is 38.6. The van der Waals surface area contributed by atoms with Crippen molar-refractivity contribution in [2.45, 2.75) is 19.8 Å². The average Bonchev–Trinajstić information content (AvgIpc) is 2.66. The summed E-state index contributed by atoms with van der Waals surface area (Å²) in [5.74, 6) is -3.08. The lowest BCUT2D eigenvalue weighted by Gasteiger charge is -2.39. The van der Waals surface area contributed by atoms with Crippen molar-refractivity contribution >= 4 is 33.7 Å². The number of hydrogen-bond donors (Lipinski definition) is 0. The van der Waals surface area contributed by atoms with Crippen LogP contribution in [0.2, 0.25) is 0 Å². The molecule has 27 heavy (non-hydrogen) atoms. The van der Waals surface area contributed by atoms with Gasteiger partial charge < -0.3 is 9.47 Å². The Labute approximate surface area is 165 Å². The first kappa shape index (κ1) is 19.3. The molecule has 2 atom stereocenters. The monoisotopic (exact) mass is 430 g/mol. The lowest BCUT2D eigenvalue weighted by Crippen LogP contribution is -2.46. The van der Waals surface area contributed by atoms with E-state index in [9.17, 15) is 14.4 Å². The molecular formula is C21H19BrO5. The maximum atomic E-state index is 13.2. The van der Waals surface area contributed by atoms with Crippen LogP contribution in [0.15, 0.2) is 53.0 Å². The van der Waals surface area contributed by atoms with E-state index in [0.29, 0.717) is 16.9 Å². The lowest BCUT2D eigenvalue weighted by atomic mass is 9.65. The zero-order chi connectivity index (χ0) is 19.8. The number of halogens is 1. The van der Waals surface area contributed by atoms with Gasteiger partial charge in [0.1, 0.15) is 11.7 Å². The van der Waals surface area contributed by atoms with Crippen LogP contribution in [0, 0.1) is 11.3 Å². The molecule has 1 aliphatic heterocycles. The van der Waals surface area contributed by atoms with Crippen molar-refractivity contribution < 1.29 is 23.9 Å². The molecule has 1 aliphatic rings. The number of methoxy groups -OCH3 is 1. The topological polar surface area (TPSA) is 69.7 Å². The van der Waals surface area contributed by atoms with E-state index >= 15 is 0 Å². The number of Topliss-reactive ketones (excluding diaryl/α,β-unsaturated/α-hetero) is 1. The van der Waals surface area contributed by atoms with Gasteiger partial charge >= 0.3 is 11.9 Å². The van der Waals surface area contributed by atoms with Gasteiger partial charge in [-0.2, -0.15) is 0 Å². The van der Waals surface area contributed by atoms with Gasteiger partial charge in [0, 0.05) is 21.5 Å². The van der Waals surface area contributed by atoms with Gasteiger partial charge in [0.2, 0.25) is 0 Å². The SMILES string of the molecule is COC(=O)C(C)(C)[C@@H]1c2cc(Br)ccc2OC(=O)[C@H]1C(=O)c1ccccc1. The molecule has 0 spiro atoms. The van der Waals surface area contributed by atoms with Gasteiger partial charge in [0.05, 0.1) is 12.5 Å². The van der Waals surface area contributed by atoms with Crippen LogP contribution in [0.5, 0.6) is 5.75 Å². The van der Waals surface area contributed by atoms with Gasteiger partial charge in [-0.15, -0.1) is 0 Å². The minimum Gasteiger partial charge on any atom is -0.469 e. The molecule has 0 aromatic heterocycles. The largest absolute Gasteiger partial charge is 0.469 e. The first-order chi connectivity index (χ1) is 12.8. The van der Waals surface area contributed by atoms with Gasteiger partial charge in [0.25, 0.3) is 0 Å². The van der Waals surface area contributed by atoms with E-state index in [1.807, 2.05) is 0 Å². The van der Waals surface area contributed by atoms with E-state index in [1.165, 1.54) is 7.11 Å². The first-order valence-electron chi connectivity index (χ1n) is 8.46. The van der Waals surface area contributed by atoms with Gasteiger partial charge in [-0.1, -0.05) is 46.3 Å². The molecule has 0 saturated carbocycles. The van der Waals surface area contributed by atoms with Crippen LogP contribution in [-0.4, -0.2) is 24.8 Å². The fourth-order valence-corrected chi connectivity index (χ4v) is 3.96. The number of ketones is 1. The van der Waals surface area contributed by atoms with Crippen LogP contribution >= 0.6 is 15.9 Å². The molecule has 0 aliphatic carbocycles. The summed E-state index contributed by atoms with van der Waals surface area (Å²) in [5.41, 5.74) is -0.115. The Hall–Kier alpha value is -2.47. The fourth-order valence-electron chi connectivity index (χ4n) is 3.58. The number of carbonyl (C=O) groups excluding carboxylic acids is 3. The van der Waals surface area contributed by atoms with Crippen LogP contribution in [0.1, 0.15) is 35.7 Å². The number of rotatable bonds is 4. The summed E-state index contributed by atoms with van der Waals surface area (Å²) >= 11 is 3.41. The predicted molar refractivity (Wildman–Crippen MR) is 103 cm³/mol. The van der Waals surface area contributed by atoms with Crippen molar-refractivity contribution in [3.8, 4) is 5.75 Å². The Morgan fingerprint density at radius 1 is 1.11 bits per heavy atom. The maximum absolute atomic E-state index is 13.2. The van der Waals surface area contributed by atoms with Crippen LogP contribution in [-0.2, 0) is 14.3 Å². The second-order valence-corrected chi connectivity index (χ2v) is 7.92. The fraction of sp³-hybridized carbons (Fsp3) is 0.286. The second kappa shape index (κ2) is 7.27. The van der Waals surface area contributed by atoms with Crippen molar-refractivity contribution in [1.82, 2.24) is 0 Å². The lowest BCUT2D eigenvalue weighted by molar-refractivity contribution is -0.154. The number of carbonyl (C=O) groups is 3. The molecule has 2 aromatic carbocycles. The molecule has 140 valence electrons. The predicted octanol–water partition coefficient (Wildman–Crippen LogP) is 4.15. The highest BCUT2D eigenvalue weighted by Gasteiger charge is 2.53. The number of hydrogen-bond acceptors (Lipinski definition) is 5. The molecule has 0 amide bonds. The smallest absolute Gasteiger partial charge is 0.322 e. The van der Waals surface area contributed by atoms with Crippen molar-refractivity contribution in [3.63, 3.8) is 0 Å². The van der Waals surface area contributed by atoms with E-state index in [-0.39, 0.29) is 5.78 Å². The molecule has 2 aromatic rings. The molecule has 0 N–H and O–H groups in total. The van der Waals surface area contributed by atoms with E-state index in [2.05, 4.69) is 15.9 Å². The molecule has 3 rings (SSSR count). The summed E-state index contributed by atoms with van der Waals surface area (Å²) in [6, 6.07) is 13.7. The van der Waals surface area contributed by atoms with E-state index < -0.39 is 29.2 Å². The average molecular weight is 431 g/mol. The van der Waals surface area contributed by atoms with Crippen molar-refractivity contribution in [3.05, 3.63) is 64.1 Å². The molecule has 5 nitrogen and oxygen atoms in total. The second-order valence-electron chi connectivity index (χ2n) is 7.00. The zero-order valence-electron chi connectivity index (χ0n) is 15.2. The third-order valence-corrected chi connectivity index (χ3v) is 5.43. The minimum atomic E-state index is -1.15. The van der Waals surface area contributed by atoms with Gasteiger partial charge in [-0.05, 0) is 32.0 Å². The molecule has 1 heterocycles. The Morgan fingerprint density at radius 2 is 1.78 bits per heavy atom. The number of esters is 2. The van der Waals surface area contributed by atoms with E-state index in [4.69, 9.17) is 9.47 Å². The summed E-state index contributed by atoms with van der Waals surface area (Å²) in [7, 11) is 1.29. The minimum absolute atomic E-state index is 0.349. The Balaban J connectivity index is 2.20. The van der Waals surface area contributed by atoms with Gasteiger partial charge in [-0.3, -0.25) is 14.4 Å². The van der Waals surface area contributed by atoms with Gasteiger partial charge in [-0.25, -0.2) is 0 Å². The molecule has 0 radical (unpaired) electrons. The van der Waals surface area contributed by atoms with Crippen molar-refractivity contribution in [1.29, 1.82) is 0 Å². The maximum Gasteiger partial charge on any atom is 0.322 e. The zero-order valence-corrected chi connectivity index (χ0v) is 16.8. The number of fused-ring (bicyclic) bond motifs is 1. The Kier molecular flexibility index (Phi) is 5.20. The third kappa shape index (κ3) is 3.41. The van der Waals surface area contributed by atoms with Crippen LogP contribution in [0.4, 0.5) is 0 Å². The standard InChI is InChI=1S/C21H19BrO5/c1-21(2,20(25)26-3)17-14-11-13(22)9-10-15(14)27-19(24)16(17)18(23)12-7-5-4-6-8-12/h4-11,16-17H,1-3H3/t16-,17-/m1/s1. The van der Waals surface area contributed by atoms with Crippen molar-refractivity contribution in [2.75, 3.05) is 7.11 Å².